The Bertz CT molecular complexity index is 702. The minimum Gasteiger partial charge on any atom is -0.467 e. The van der Waals surface area contributed by atoms with Crippen molar-refractivity contribution in [1.82, 2.24) is 9.21 Å². The van der Waals surface area contributed by atoms with E-state index in [2.05, 4.69) is 4.90 Å². The van der Waals surface area contributed by atoms with Crippen molar-refractivity contribution in [2.24, 2.45) is 0 Å². The molecule has 0 saturated carbocycles. The second kappa shape index (κ2) is 6.95. The topological polar surface area (TPSA) is 59.1 Å². The van der Waals surface area contributed by atoms with Gasteiger partial charge in [0.05, 0.1) is 12.9 Å². The maximum Gasteiger partial charge on any atom is 0.211 e. The van der Waals surface area contributed by atoms with Crippen molar-refractivity contribution in [3.8, 4) is 5.75 Å². The van der Waals surface area contributed by atoms with Crippen LogP contribution in [0, 0.1) is 5.82 Å². The molecular formula is C16H23FN2O4S. The predicted molar refractivity (Wildman–Crippen MR) is 87.6 cm³/mol. The van der Waals surface area contributed by atoms with Crippen molar-refractivity contribution < 1.29 is 22.3 Å². The van der Waals surface area contributed by atoms with Gasteiger partial charge in [0.1, 0.15) is 11.6 Å². The highest BCUT2D eigenvalue weighted by atomic mass is 32.2. The molecule has 0 aromatic heterocycles. The molecule has 24 heavy (non-hydrogen) atoms. The second-order valence-corrected chi connectivity index (χ2v) is 8.49. The van der Waals surface area contributed by atoms with Crippen LogP contribution in [0.4, 0.5) is 4.39 Å². The molecule has 0 spiro atoms. The van der Waals surface area contributed by atoms with Crippen LogP contribution >= 0.6 is 0 Å². The first-order valence-corrected chi connectivity index (χ1v) is 9.86. The molecule has 8 heteroatoms. The van der Waals surface area contributed by atoms with Gasteiger partial charge in [0.25, 0.3) is 0 Å². The highest BCUT2D eigenvalue weighted by Crippen LogP contribution is 2.31. The summed E-state index contributed by atoms with van der Waals surface area (Å²) in [4.78, 5) is 2.21. The van der Waals surface area contributed by atoms with Crippen LogP contribution in [0.3, 0.4) is 0 Å². The number of fused-ring (bicyclic) bond motifs is 1. The number of piperidine rings is 1. The van der Waals surface area contributed by atoms with Gasteiger partial charge < -0.3 is 9.47 Å². The van der Waals surface area contributed by atoms with E-state index >= 15 is 0 Å². The summed E-state index contributed by atoms with van der Waals surface area (Å²) in [6.07, 6.45) is 2.77. The second-order valence-electron chi connectivity index (χ2n) is 6.45. The number of benzene rings is 1. The first-order chi connectivity index (χ1) is 11.3. The zero-order valence-electron chi connectivity index (χ0n) is 14.0. The largest absolute Gasteiger partial charge is 0.467 e. The first-order valence-electron chi connectivity index (χ1n) is 8.02. The van der Waals surface area contributed by atoms with Gasteiger partial charge in [-0.2, -0.15) is 0 Å². The fraction of sp³-hybridized carbons (Fsp3) is 0.625. The number of sulfonamides is 1. The molecule has 0 atom stereocenters. The molecule has 0 bridgehead atoms. The molecule has 3 rings (SSSR count). The fourth-order valence-corrected chi connectivity index (χ4v) is 4.08. The van der Waals surface area contributed by atoms with Gasteiger partial charge in [-0.15, -0.1) is 0 Å². The SMILES string of the molecule is CN(C1CCN(Cc2cc(F)cc3c2OCOC3)CC1)S(C)(=O)=O. The summed E-state index contributed by atoms with van der Waals surface area (Å²) in [5.41, 5.74) is 1.56. The van der Waals surface area contributed by atoms with Crippen LogP contribution in [0.5, 0.6) is 5.75 Å². The molecular weight excluding hydrogens is 335 g/mol. The van der Waals surface area contributed by atoms with E-state index in [0.29, 0.717) is 13.2 Å². The van der Waals surface area contributed by atoms with E-state index in [9.17, 15) is 12.8 Å². The van der Waals surface area contributed by atoms with Crippen molar-refractivity contribution in [3.05, 3.63) is 29.1 Å². The van der Waals surface area contributed by atoms with E-state index in [1.165, 1.54) is 22.7 Å². The summed E-state index contributed by atoms with van der Waals surface area (Å²) in [5, 5.41) is 0. The van der Waals surface area contributed by atoms with E-state index in [4.69, 9.17) is 9.47 Å². The summed E-state index contributed by atoms with van der Waals surface area (Å²) in [5.74, 6) is 0.433. The first kappa shape index (κ1) is 17.6. The number of hydrogen-bond acceptors (Lipinski definition) is 5. The van der Waals surface area contributed by atoms with Gasteiger partial charge >= 0.3 is 0 Å². The van der Waals surface area contributed by atoms with Gasteiger partial charge in [-0.1, -0.05) is 0 Å². The lowest BCUT2D eigenvalue weighted by molar-refractivity contribution is -0.0178. The van der Waals surface area contributed by atoms with Gasteiger partial charge in [-0.3, -0.25) is 4.90 Å². The lowest BCUT2D eigenvalue weighted by Crippen LogP contribution is -2.45. The molecule has 0 amide bonds. The Balaban J connectivity index is 1.66. The summed E-state index contributed by atoms with van der Waals surface area (Å²) in [6, 6.07) is 2.99. The van der Waals surface area contributed by atoms with Gasteiger partial charge in [-0.05, 0) is 25.0 Å². The summed E-state index contributed by atoms with van der Waals surface area (Å²) in [7, 11) is -1.53. The molecule has 2 aliphatic heterocycles. The summed E-state index contributed by atoms with van der Waals surface area (Å²) < 4.78 is 49.3. The maximum absolute atomic E-state index is 13.8. The number of rotatable bonds is 4. The van der Waals surface area contributed by atoms with Crippen molar-refractivity contribution in [3.63, 3.8) is 0 Å². The Kier molecular flexibility index (Phi) is 5.10. The standard InChI is InChI=1S/C16H23FN2O4S/c1-18(24(2,20)21)15-3-5-19(6-4-15)9-12-7-14(17)8-13-10-22-11-23-16(12)13/h7-8,15H,3-6,9-11H2,1-2H3. The molecule has 2 heterocycles. The van der Waals surface area contributed by atoms with Crippen molar-refractivity contribution in [1.29, 1.82) is 0 Å². The Morgan fingerprint density at radius 1 is 1.33 bits per heavy atom. The fourth-order valence-electron chi connectivity index (χ4n) is 3.33. The molecule has 1 aromatic carbocycles. The van der Waals surface area contributed by atoms with Crippen molar-refractivity contribution in [2.75, 3.05) is 33.2 Å². The summed E-state index contributed by atoms with van der Waals surface area (Å²) >= 11 is 0. The van der Waals surface area contributed by atoms with E-state index in [0.717, 1.165) is 42.8 Å². The van der Waals surface area contributed by atoms with Crippen LogP contribution in [-0.4, -0.2) is 56.9 Å². The molecule has 0 unspecified atom stereocenters. The van der Waals surface area contributed by atoms with Crippen LogP contribution in [0.15, 0.2) is 12.1 Å². The lowest BCUT2D eigenvalue weighted by Gasteiger charge is -2.36. The Morgan fingerprint density at radius 3 is 2.71 bits per heavy atom. The molecule has 2 aliphatic rings. The van der Waals surface area contributed by atoms with Crippen LogP contribution in [0.25, 0.3) is 0 Å². The number of likely N-dealkylation sites (tertiary alicyclic amines) is 1. The Morgan fingerprint density at radius 2 is 2.04 bits per heavy atom. The van der Waals surface area contributed by atoms with Gasteiger partial charge in [0.15, 0.2) is 6.79 Å². The van der Waals surface area contributed by atoms with E-state index < -0.39 is 10.0 Å². The average Bonchev–Trinajstić information content (AvgIpc) is 2.54. The molecule has 0 N–H and O–H groups in total. The lowest BCUT2D eigenvalue weighted by atomic mass is 10.0. The van der Waals surface area contributed by atoms with Crippen molar-refractivity contribution >= 4 is 10.0 Å². The highest BCUT2D eigenvalue weighted by molar-refractivity contribution is 7.88. The number of ether oxygens (including phenoxy) is 2. The third-order valence-electron chi connectivity index (χ3n) is 4.74. The molecule has 1 saturated heterocycles. The third kappa shape index (κ3) is 3.88. The van der Waals surface area contributed by atoms with Crippen LogP contribution < -0.4 is 4.74 Å². The third-order valence-corrected chi connectivity index (χ3v) is 6.08. The minimum atomic E-state index is -3.17. The van der Waals surface area contributed by atoms with Crippen LogP contribution in [-0.2, 0) is 27.9 Å². The van der Waals surface area contributed by atoms with E-state index in [1.807, 2.05) is 0 Å². The Labute approximate surface area is 142 Å². The van der Waals surface area contributed by atoms with E-state index in [-0.39, 0.29) is 18.7 Å². The maximum atomic E-state index is 13.8. The molecule has 1 aromatic rings. The number of hydrogen-bond donors (Lipinski definition) is 0. The van der Waals surface area contributed by atoms with Gasteiger partial charge in [-0.25, -0.2) is 17.1 Å². The monoisotopic (exact) mass is 358 g/mol. The van der Waals surface area contributed by atoms with Crippen LogP contribution in [0.2, 0.25) is 0 Å². The van der Waals surface area contributed by atoms with Gasteiger partial charge in [0.2, 0.25) is 10.0 Å². The number of nitrogens with zero attached hydrogens (tertiary/aromatic N) is 2. The normalized spacial score (nSPS) is 20.0. The summed E-state index contributed by atoms with van der Waals surface area (Å²) in [6.45, 7) is 2.68. The molecule has 134 valence electrons. The van der Waals surface area contributed by atoms with Crippen LogP contribution in [0.1, 0.15) is 24.0 Å². The molecule has 0 aliphatic carbocycles. The van der Waals surface area contributed by atoms with E-state index in [1.54, 1.807) is 7.05 Å². The zero-order valence-corrected chi connectivity index (χ0v) is 14.8. The minimum absolute atomic E-state index is 0.0299. The number of halogens is 1. The van der Waals surface area contributed by atoms with Crippen molar-refractivity contribution in [2.45, 2.75) is 32.0 Å². The Hall–Kier alpha value is -1.22. The average molecular weight is 358 g/mol. The molecule has 0 radical (unpaired) electrons. The quantitative estimate of drug-likeness (QED) is 0.817. The van der Waals surface area contributed by atoms with Gasteiger partial charge in [0, 0.05) is 43.9 Å². The molecule has 1 fully saturated rings. The molecule has 6 nitrogen and oxygen atoms in total. The predicted octanol–water partition coefficient (Wildman–Crippen LogP) is 1.55. The highest BCUT2D eigenvalue weighted by Gasteiger charge is 2.28. The smallest absolute Gasteiger partial charge is 0.211 e. The zero-order chi connectivity index (χ0) is 17.3.